The lowest BCUT2D eigenvalue weighted by Crippen LogP contribution is -2.47. The molecular formula is C23H26N4O2. The van der Waals surface area contributed by atoms with E-state index in [1.54, 1.807) is 11.6 Å². The molecule has 2 heterocycles. The predicted octanol–water partition coefficient (Wildman–Crippen LogP) is 3.09. The van der Waals surface area contributed by atoms with E-state index < -0.39 is 0 Å². The summed E-state index contributed by atoms with van der Waals surface area (Å²) in [7, 11) is 3.81. The number of hydrogen-bond donors (Lipinski definition) is 1. The van der Waals surface area contributed by atoms with E-state index in [1.165, 1.54) is 0 Å². The number of carbonyl (C=O) groups is 1. The van der Waals surface area contributed by atoms with Crippen LogP contribution in [-0.2, 0) is 20.1 Å². The van der Waals surface area contributed by atoms with Crippen LogP contribution >= 0.6 is 0 Å². The summed E-state index contributed by atoms with van der Waals surface area (Å²) in [6, 6.07) is 17.7. The average Bonchev–Trinajstić information content (AvgIpc) is 2.85. The van der Waals surface area contributed by atoms with Crippen molar-refractivity contribution in [2.24, 2.45) is 7.05 Å². The number of fused-ring (bicyclic) bond motifs is 2. The van der Waals surface area contributed by atoms with Crippen molar-refractivity contribution in [3.63, 3.8) is 0 Å². The van der Waals surface area contributed by atoms with E-state index in [-0.39, 0.29) is 24.2 Å². The fraction of sp³-hybridized carbons (Fsp3) is 0.304. The molecule has 29 heavy (non-hydrogen) atoms. The third kappa shape index (κ3) is 3.58. The van der Waals surface area contributed by atoms with Crippen LogP contribution < -0.4 is 15.8 Å². The standard InChI is InChI=1S/C23H26N4O2/c1-16-14-25(2)20-10-6-5-9-18(20)15-27(16)23(29)24-13-19-12-17-8-4-7-11-21(17)26(3)22(19)28/h4-12,16H,13-15H2,1-3H3,(H,24,29)/t16-/m0/s1. The maximum absolute atomic E-state index is 13.0. The molecule has 0 spiro atoms. The van der Waals surface area contributed by atoms with E-state index in [2.05, 4.69) is 36.3 Å². The zero-order valence-electron chi connectivity index (χ0n) is 17.1. The summed E-state index contributed by atoms with van der Waals surface area (Å²) in [6.45, 7) is 3.56. The van der Waals surface area contributed by atoms with Gasteiger partial charge in [0.25, 0.3) is 5.56 Å². The molecule has 1 atom stereocenters. The molecule has 2 amide bonds. The van der Waals surface area contributed by atoms with Crippen LogP contribution in [0.25, 0.3) is 10.9 Å². The van der Waals surface area contributed by atoms with Gasteiger partial charge in [0.05, 0.1) is 5.52 Å². The number of urea groups is 1. The van der Waals surface area contributed by atoms with Gasteiger partial charge in [-0.1, -0.05) is 36.4 Å². The van der Waals surface area contributed by atoms with Gasteiger partial charge in [0.1, 0.15) is 0 Å². The van der Waals surface area contributed by atoms with Crippen molar-refractivity contribution in [1.29, 1.82) is 0 Å². The molecule has 6 nitrogen and oxygen atoms in total. The zero-order chi connectivity index (χ0) is 20.5. The highest BCUT2D eigenvalue weighted by Crippen LogP contribution is 2.26. The molecule has 0 radical (unpaired) electrons. The predicted molar refractivity (Wildman–Crippen MR) is 116 cm³/mol. The minimum atomic E-state index is -0.155. The summed E-state index contributed by atoms with van der Waals surface area (Å²) in [6.07, 6.45) is 0. The Kier molecular flexibility index (Phi) is 5.01. The van der Waals surface area contributed by atoms with Gasteiger partial charge >= 0.3 is 6.03 Å². The molecule has 1 aromatic heterocycles. The summed E-state index contributed by atoms with van der Waals surface area (Å²) < 4.78 is 1.64. The van der Waals surface area contributed by atoms with Crippen molar-refractivity contribution in [3.8, 4) is 0 Å². The second-order valence-corrected chi connectivity index (χ2v) is 7.74. The molecule has 6 heteroatoms. The first kappa shape index (κ1) is 19.1. The molecule has 4 rings (SSSR count). The first-order valence-electron chi connectivity index (χ1n) is 9.87. The fourth-order valence-electron chi connectivity index (χ4n) is 4.11. The summed E-state index contributed by atoms with van der Waals surface area (Å²) in [5.41, 5.74) is 3.65. The monoisotopic (exact) mass is 390 g/mol. The van der Waals surface area contributed by atoms with Gasteiger partial charge in [0.2, 0.25) is 0 Å². The number of nitrogens with zero attached hydrogens (tertiary/aromatic N) is 3. The van der Waals surface area contributed by atoms with E-state index >= 15 is 0 Å². The van der Waals surface area contributed by atoms with E-state index in [9.17, 15) is 9.59 Å². The average molecular weight is 390 g/mol. The van der Waals surface area contributed by atoms with Crippen molar-refractivity contribution in [2.75, 3.05) is 18.5 Å². The molecule has 2 aromatic carbocycles. The second kappa shape index (κ2) is 7.62. The van der Waals surface area contributed by atoms with Crippen LogP contribution in [0.15, 0.2) is 59.4 Å². The fourth-order valence-corrected chi connectivity index (χ4v) is 4.11. The van der Waals surface area contributed by atoms with E-state index in [0.717, 1.165) is 28.7 Å². The van der Waals surface area contributed by atoms with Gasteiger partial charge in [0.15, 0.2) is 0 Å². The Hall–Kier alpha value is -3.28. The van der Waals surface area contributed by atoms with Crippen LogP contribution in [0.5, 0.6) is 0 Å². The Bertz CT molecular complexity index is 1120. The van der Waals surface area contributed by atoms with Crippen molar-refractivity contribution < 1.29 is 4.79 Å². The molecular weight excluding hydrogens is 364 g/mol. The second-order valence-electron chi connectivity index (χ2n) is 7.74. The van der Waals surface area contributed by atoms with Crippen molar-refractivity contribution in [1.82, 2.24) is 14.8 Å². The lowest BCUT2D eigenvalue weighted by atomic mass is 10.1. The molecule has 0 saturated carbocycles. The van der Waals surface area contributed by atoms with Crippen molar-refractivity contribution >= 4 is 22.6 Å². The number of amides is 2. The van der Waals surface area contributed by atoms with Crippen LogP contribution in [-0.4, -0.2) is 35.1 Å². The van der Waals surface area contributed by atoms with Crippen LogP contribution in [0.3, 0.4) is 0 Å². The van der Waals surface area contributed by atoms with E-state index in [1.807, 2.05) is 47.4 Å². The summed E-state index contributed by atoms with van der Waals surface area (Å²) in [5.74, 6) is 0. The maximum Gasteiger partial charge on any atom is 0.318 e. The molecule has 0 unspecified atom stereocenters. The summed E-state index contributed by atoms with van der Waals surface area (Å²) in [4.78, 5) is 29.7. The van der Waals surface area contributed by atoms with Crippen molar-refractivity contribution in [3.05, 3.63) is 76.1 Å². The number of carbonyl (C=O) groups excluding carboxylic acids is 1. The third-order valence-electron chi connectivity index (χ3n) is 5.71. The molecule has 150 valence electrons. The number of nitrogens with one attached hydrogen (secondary N) is 1. The van der Waals surface area contributed by atoms with Crippen molar-refractivity contribution in [2.45, 2.75) is 26.1 Å². The van der Waals surface area contributed by atoms with Gasteiger partial charge in [-0.25, -0.2) is 4.79 Å². The van der Waals surface area contributed by atoms with E-state index in [0.29, 0.717) is 12.1 Å². The van der Waals surface area contributed by atoms with E-state index in [4.69, 9.17) is 0 Å². The first-order chi connectivity index (χ1) is 14.0. The smallest absolute Gasteiger partial charge is 0.318 e. The van der Waals surface area contributed by atoms with Gasteiger partial charge in [-0.05, 0) is 36.1 Å². The number of aromatic nitrogens is 1. The number of aryl methyl sites for hydroxylation is 1. The molecule has 0 saturated heterocycles. The lowest BCUT2D eigenvalue weighted by molar-refractivity contribution is 0.178. The highest BCUT2D eigenvalue weighted by atomic mass is 16.2. The largest absolute Gasteiger partial charge is 0.372 e. The minimum absolute atomic E-state index is 0.0480. The molecule has 0 aliphatic carbocycles. The topological polar surface area (TPSA) is 57.6 Å². The number of anilines is 1. The Balaban J connectivity index is 1.55. The zero-order valence-corrected chi connectivity index (χ0v) is 17.1. The lowest BCUT2D eigenvalue weighted by Gasteiger charge is -2.28. The van der Waals surface area contributed by atoms with Gasteiger partial charge in [0, 0.05) is 51.0 Å². The number of benzene rings is 2. The minimum Gasteiger partial charge on any atom is -0.372 e. The SMILES string of the molecule is C[C@H]1CN(C)c2ccccc2CN1C(=O)NCc1cc2ccccc2n(C)c1=O. The number of hydrogen-bond acceptors (Lipinski definition) is 3. The van der Waals surface area contributed by atoms with Crippen LogP contribution in [0.2, 0.25) is 0 Å². The molecule has 3 aromatic rings. The summed E-state index contributed by atoms with van der Waals surface area (Å²) >= 11 is 0. The van der Waals surface area contributed by atoms with Crippen LogP contribution in [0.1, 0.15) is 18.1 Å². The number of pyridine rings is 1. The highest BCUT2D eigenvalue weighted by Gasteiger charge is 2.26. The van der Waals surface area contributed by atoms with Gasteiger partial charge in [-0.3, -0.25) is 4.79 Å². The number of para-hydroxylation sites is 2. The Morgan fingerprint density at radius 3 is 2.66 bits per heavy atom. The molecule has 0 bridgehead atoms. The number of likely N-dealkylation sites (N-methyl/N-ethyl adjacent to an activating group) is 1. The Morgan fingerprint density at radius 1 is 1.10 bits per heavy atom. The molecule has 1 N–H and O–H groups in total. The van der Waals surface area contributed by atoms with Crippen LogP contribution in [0, 0.1) is 0 Å². The first-order valence-corrected chi connectivity index (χ1v) is 9.87. The molecule has 1 aliphatic heterocycles. The van der Waals surface area contributed by atoms with Gasteiger partial charge < -0.3 is 19.7 Å². The quantitative estimate of drug-likeness (QED) is 0.732. The Labute approximate surface area is 170 Å². The number of rotatable bonds is 2. The molecule has 1 aliphatic rings. The Morgan fingerprint density at radius 2 is 1.83 bits per heavy atom. The third-order valence-corrected chi connectivity index (χ3v) is 5.71. The normalized spacial score (nSPS) is 16.4. The summed E-state index contributed by atoms with van der Waals surface area (Å²) in [5, 5.41) is 3.94. The van der Waals surface area contributed by atoms with Gasteiger partial charge in [-0.2, -0.15) is 0 Å². The molecule has 0 fully saturated rings. The highest BCUT2D eigenvalue weighted by molar-refractivity contribution is 5.80. The van der Waals surface area contributed by atoms with Crippen LogP contribution in [0.4, 0.5) is 10.5 Å². The van der Waals surface area contributed by atoms with Gasteiger partial charge in [-0.15, -0.1) is 0 Å². The maximum atomic E-state index is 13.0.